The number of halogens is 3. The molecule has 0 aliphatic carbocycles. The number of rotatable bonds is 6. The second-order valence-corrected chi connectivity index (χ2v) is 5.72. The van der Waals surface area contributed by atoms with E-state index in [4.69, 9.17) is 5.73 Å². The summed E-state index contributed by atoms with van der Waals surface area (Å²) in [6, 6.07) is 9.74. The molecule has 1 aromatic heterocycles. The largest absolute Gasteiger partial charge is 0.427 e. The first-order chi connectivity index (χ1) is 9.99. The Morgan fingerprint density at radius 2 is 1.86 bits per heavy atom. The molecular formula is C14H16F3N3S. The van der Waals surface area contributed by atoms with Crippen molar-refractivity contribution in [3.63, 3.8) is 0 Å². The van der Waals surface area contributed by atoms with Crippen LogP contribution in [0.1, 0.15) is 15.4 Å². The van der Waals surface area contributed by atoms with E-state index in [2.05, 4.69) is 4.98 Å². The van der Waals surface area contributed by atoms with Gasteiger partial charge in [0.05, 0.1) is 12.7 Å². The van der Waals surface area contributed by atoms with Gasteiger partial charge in [-0.15, -0.1) is 11.3 Å². The molecule has 2 rings (SSSR count). The highest BCUT2D eigenvalue weighted by molar-refractivity contribution is 7.11. The zero-order chi connectivity index (χ0) is 15.3. The lowest BCUT2D eigenvalue weighted by molar-refractivity contribution is -0.134. The molecule has 0 aliphatic rings. The maximum Gasteiger partial charge on any atom is 0.427 e. The molecule has 0 amide bonds. The predicted octanol–water partition coefficient (Wildman–Crippen LogP) is 3.12. The highest BCUT2D eigenvalue weighted by Crippen LogP contribution is 2.33. The van der Waals surface area contributed by atoms with Crippen molar-refractivity contribution in [2.45, 2.75) is 19.3 Å². The quantitative estimate of drug-likeness (QED) is 0.890. The van der Waals surface area contributed by atoms with Crippen molar-refractivity contribution in [2.24, 2.45) is 5.73 Å². The van der Waals surface area contributed by atoms with Crippen molar-refractivity contribution in [3.8, 4) is 0 Å². The van der Waals surface area contributed by atoms with Gasteiger partial charge in [0, 0.05) is 19.6 Å². The van der Waals surface area contributed by atoms with E-state index in [1.165, 1.54) is 0 Å². The summed E-state index contributed by atoms with van der Waals surface area (Å²) in [4.78, 5) is 5.19. The maximum absolute atomic E-state index is 12.6. The molecule has 2 N–H and O–H groups in total. The van der Waals surface area contributed by atoms with Crippen LogP contribution in [0.3, 0.4) is 0 Å². The Bertz CT molecular complexity index is 554. The fourth-order valence-electron chi connectivity index (χ4n) is 1.94. The minimum absolute atomic E-state index is 0.368. The highest BCUT2D eigenvalue weighted by atomic mass is 32.1. The molecule has 0 aliphatic heterocycles. The van der Waals surface area contributed by atoms with Crippen molar-refractivity contribution < 1.29 is 13.2 Å². The number of aromatic nitrogens is 1. The number of thiazole rings is 1. The van der Waals surface area contributed by atoms with Crippen molar-refractivity contribution >= 4 is 11.3 Å². The molecule has 0 spiro atoms. The Labute approximate surface area is 125 Å². The molecule has 3 nitrogen and oxygen atoms in total. The van der Waals surface area contributed by atoms with E-state index in [9.17, 15) is 13.2 Å². The second kappa shape index (κ2) is 7.02. The third kappa shape index (κ3) is 4.80. The fraction of sp³-hybridized carbons (Fsp3) is 0.357. The van der Waals surface area contributed by atoms with Crippen LogP contribution in [0.15, 0.2) is 36.5 Å². The molecule has 0 fully saturated rings. The van der Waals surface area contributed by atoms with Gasteiger partial charge in [-0.3, -0.25) is 4.90 Å². The molecule has 0 saturated carbocycles. The molecule has 7 heteroatoms. The van der Waals surface area contributed by atoms with Crippen molar-refractivity contribution in [2.75, 3.05) is 13.1 Å². The number of hydrogen-bond acceptors (Lipinski definition) is 4. The predicted molar refractivity (Wildman–Crippen MR) is 76.7 cm³/mol. The first-order valence-corrected chi connectivity index (χ1v) is 7.29. The molecular weight excluding hydrogens is 299 g/mol. The molecule has 0 bridgehead atoms. The lowest BCUT2D eigenvalue weighted by Crippen LogP contribution is -2.28. The van der Waals surface area contributed by atoms with Gasteiger partial charge in [0.2, 0.25) is 0 Å². The molecule has 0 radical (unpaired) electrons. The van der Waals surface area contributed by atoms with Gasteiger partial charge in [0.25, 0.3) is 0 Å². The van der Waals surface area contributed by atoms with Crippen LogP contribution in [0, 0.1) is 0 Å². The molecule has 0 atom stereocenters. The van der Waals surface area contributed by atoms with Crippen LogP contribution in [0.2, 0.25) is 0 Å². The molecule has 1 aromatic carbocycles. The molecule has 0 unspecified atom stereocenters. The van der Waals surface area contributed by atoms with Crippen molar-refractivity contribution in [3.05, 3.63) is 52.0 Å². The van der Waals surface area contributed by atoms with Crippen LogP contribution in [-0.4, -0.2) is 23.0 Å². The van der Waals surface area contributed by atoms with Gasteiger partial charge in [-0.1, -0.05) is 30.3 Å². The first-order valence-electron chi connectivity index (χ1n) is 6.47. The maximum atomic E-state index is 12.6. The van der Waals surface area contributed by atoms with Gasteiger partial charge in [0.15, 0.2) is 0 Å². The number of benzene rings is 1. The Kier molecular flexibility index (Phi) is 5.33. The summed E-state index contributed by atoms with van der Waals surface area (Å²) in [7, 11) is 0. The van der Waals surface area contributed by atoms with E-state index in [1.54, 1.807) is 0 Å². The van der Waals surface area contributed by atoms with Gasteiger partial charge >= 0.3 is 6.18 Å². The average Bonchev–Trinajstić information content (AvgIpc) is 2.89. The third-order valence-electron chi connectivity index (χ3n) is 2.89. The monoisotopic (exact) mass is 315 g/mol. The first kappa shape index (κ1) is 15.9. The van der Waals surface area contributed by atoms with Crippen LogP contribution < -0.4 is 5.73 Å². The SMILES string of the molecule is NCCN(Cc1ccccc1)Cc1ncc(C(F)(F)F)s1. The van der Waals surface area contributed by atoms with Gasteiger partial charge in [-0.05, 0) is 5.56 Å². The van der Waals surface area contributed by atoms with E-state index < -0.39 is 11.1 Å². The number of hydrogen-bond donors (Lipinski definition) is 1. The molecule has 0 saturated heterocycles. The topological polar surface area (TPSA) is 42.1 Å². The average molecular weight is 315 g/mol. The van der Waals surface area contributed by atoms with Gasteiger partial charge in [0.1, 0.15) is 9.88 Å². The van der Waals surface area contributed by atoms with Crippen LogP contribution in [-0.2, 0) is 19.3 Å². The summed E-state index contributed by atoms with van der Waals surface area (Å²) in [5.74, 6) is 0. The Hall–Kier alpha value is -1.44. The molecule has 114 valence electrons. The summed E-state index contributed by atoms with van der Waals surface area (Å²) in [6.07, 6.45) is -3.43. The lowest BCUT2D eigenvalue weighted by atomic mass is 10.2. The fourth-order valence-corrected chi connectivity index (χ4v) is 2.77. The zero-order valence-corrected chi connectivity index (χ0v) is 12.1. The van der Waals surface area contributed by atoms with Crippen molar-refractivity contribution in [1.82, 2.24) is 9.88 Å². The normalized spacial score (nSPS) is 12.0. The second-order valence-electron chi connectivity index (χ2n) is 4.60. The van der Waals surface area contributed by atoms with Crippen LogP contribution in [0.4, 0.5) is 13.2 Å². The summed E-state index contributed by atoms with van der Waals surface area (Å²) in [5.41, 5.74) is 6.67. The van der Waals surface area contributed by atoms with Crippen molar-refractivity contribution in [1.29, 1.82) is 0 Å². The minimum Gasteiger partial charge on any atom is -0.329 e. The smallest absolute Gasteiger partial charge is 0.329 e. The van der Waals surface area contributed by atoms with E-state index in [1.807, 2.05) is 35.2 Å². The zero-order valence-electron chi connectivity index (χ0n) is 11.3. The Morgan fingerprint density at radius 3 is 2.43 bits per heavy atom. The molecule has 2 aromatic rings. The van der Waals surface area contributed by atoms with Crippen LogP contribution in [0.25, 0.3) is 0 Å². The van der Waals surface area contributed by atoms with Gasteiger partial charge < -0.3 is 5.73 Å². The van der Waals surface area contributed by atoms with Crippen LogP contribution in [0.5, 0.6) is 0 Å². The van der Waals surface area contributed by atoms with Crippen LogP contribution >= 0.6 is 11.3 Å². The minimum atomic E-state index is -4.33. The summed E-state index contributed by atoms with van der Waals surface area (Å²) in [5, 5.41) is 0.451. The van der Waals surface area contributed by atoms with Gasteiger partial charge in [-0.2, -0.15) is 13.2 Å². The Balaban J connectivity index is 2.04. The standard InChI is InChI=1S/C14H16F3N3S/c15-14(16,17)12-8-19-13(21-12)10-20(7-6-18)9-11-4-2-1-3-5-11/h1-5,8H,6-7,9-10,18H2. The summed E-state index contributed by atoms with van der Waals surface area (Å²) >= 11 is 0.686. The summed E-state index contributed by atoms with van der Waals surface area (Å²) in [6.45, 7) is 2.06. The number of nitrogens with zero attached hydrogens (tertiary/aromatic N) is 2. The van der Waals surface area contributed by atoms with E-state index >= 15 is 0 Å². The Morgan fingerprint density at radius 1 is 1.14 bits per heavy atom. The molecule has 1 heterocycles. The third-order valence-corrected chi connectivity index (χ3v) is 3.91. The van der Waals surface area contributed by atoms with Gasteiger partial charge in [-0.25, -0.2) is 4.98 Å². The number of nitrogens with two attached hydrogens (primary N) is 1. The lowest BCUT2D eigenvalue weighted by Gasteiger charge is -2.20. The van der Waals surface area contributed by atoms with E-state index in [0.717, 1.165) is 11.8 Å². The molecule has 21 heavy (non-hydrogen) atoms. The highest BCUT2D eigenvalue weighted by Gasteiger charge is 2.33. The number of alkyl halides is 3. The van der Waals surface area contributed by atoms with E-state index in [-0.39, 0.29) is 0 Å². The van der Waals surface area contributed by atoms with E-state index in [0.29, 0.717) is 42.5 Å². The summed E-state index contributed by atoms with van der Waals surface area (Å²) < 4.78 is 37.7.